The first-order chi connectivity index (χ1) is 17.4. The number of carboxylic acids is 1. The number of guanidine groups is 1. The van der Waals surface area contributed by atoms with Crippen molar-refractivity contribution in [3.05, 3.63) is 0 Å². The maximum absolute atomic E-state index is 13.3. The minimum absolute atomic E-state index is 0.0863. The van der Waals surface area contributed by atoms with Gasteiger partial charge >= 0.3 is 5.97 Å². The maximum atomic E-state index is 13.3. The Morgan fingerprint density at radius 2 is 1.38 bits per heavy atom. The summed E-state index contributed by atoms with van der Waals surface area (Å²) in [5.41, 5.74) is 22.2. The SMILES string of the molecule is CCC(C)C(N)C(=O)NC(CCCN=C(N)N)C(=O)NC(C(=O)NC(CCCCN)C(=O)O)C(C)CC. The third-order valence-corrected chi connectivity index (χ3v) is 6.49. The van der Waals surface area contributed by atoms with Crippen molar-refractivity contribution in [2.24, 2.45) is 39.8 Å². The highest BCUT2D eigenvalue weighted by atomic mass is 16.4. The predicted molar refractivity (Wildman–Crippen MR) is 143 cm³/mol. The number of carbonyl (C=O) groups excluding carboxylic acids is 3. The largest absolute Gasteiger partial charge is 0.480 e. The summed E-state index contributed by atoms with van der Waals surface area (Å²) in [6.07, 6.45) is 3.20. The molecule has 0 saturated carbocycles. The first-order valence-corrected chi connectivity index (χ1v) is 13.0. The Hall–Kier alpha value is -2.93. The van der Waals surface area contributed by atoms with Gasteiger partial charge in [-0.05, 0) is 50.5 Å². The average molecular weight is 529 g/mol. The molecule has 12 N–H and O–H groups in total. The van der Waals surface area contributed by atoms with Gasteiger partial charge in [-0.1, -0.05) is 40.5 Å². The monoisotopic (exact) mass is 528 g/mol. The van der Waals surface area contributed by atoms with Crippen LogP contribution in [0.25, 0.3) is 0 Å². The smallest absolute Gasteiger partial charge is 0.326 e. The molecule has 0 heterocycles. The first-order valence-electron chi connectivity index (χ1n) is 13.0. The van der Waals surface area contributed by atoms with Crippen LogP contribution in [0.4, 0.5) is 0 Å². The second-order valence-corrected chi connectivity index (χ2v) is 9.48. The van der Waals surface area contributed by atoms with E-state index in [0.29, 0.717) is 38.6 Å². The number of nitrogens with two attached hydrogens (primary N) is 4. The molecule has 214 valence electrons. The van der Waals surface area contributed by atoms with Crippen molar-refractivity contribution < 1.29 is 24.3 Å². The van der Waals surface area contributed by atoms with Crippen LogP contribution in [-0.2, 0) is 19.2 Å². The highest BCUT2D eigenvalue weighted by molar-refractivity contribution is 5.94. The zero-order chi connectivity index (χ0) is 28.5. The molecular formula is C24H48N8O5. The van der Waals surface area contributed by atoms with E-state index in [4.69, 9.17) is 22.9 Å². The first kappa shape index (κ1) is 34.1. The van der Waals surface area contributed by atoms with E-state index in [2.05, 4.69) is 20.9 Å². The highest BCUT2D eigenvalue weighted by Gasteiger charge is 2.33. The van der Waals surface area contributed by atoms with E-state index in [1.165, 1.54) is 0 Å². The molecule has 0 spiro atoms. The number of hydrogen-bond donors (Lipinski definition) is 8. The lowest BCUT2D eigenvalue weighted by Crippen LogP contribution is -2.59. The van der Waals surface area contributed by atoms with Crippen LogP contribution in [0.3, 0.4) is 0 Å². The van der Waals surface area contributed by atoms with Crippen molar-refractivity contribution in [2.45, 2.75) is 96.8 Å². The molecule has 13 heteroatoms. The number of nitrogens with zero attached hydrogens (tertiary/aromatic N) is 1. The van der Waals surface area contributed by atoms with Crippen molar-refractivity contribution in [2.75, 3.05) is 13.1 Å². The van der Waals surface area contributed by atoms with Gasteiger partial charge in [0.2, 0.25) is 17.7 Å². The van der Waals surface area contributed by atoms with Gasteiger partial charge in [0.15, 0.2) is 5.96 Å². The van der Waals surface area contributed by atoms with Crippen LogP contribution in [-0.4, -0.2) is 72.0 Å². The molecule has 0 bridgehead atoms. The molecule has 0 rings (SSSR count). The Kier molecular flexibility index (Phi) is 16.9. The lowest BCUT2D eigenvalue weighted by molar-refractivity contribution is -0.143. The van der Waals surface area contributed by atoms with Crippen LogP contribution >= 0.6 is 0 Å². The number of amides is 3. The molecule has 0 radical (unpaired) electrons. The minimum atomic E-state index is -1.16. The van der Waals surface area contributed by atoms with Gasteiger partial charge in [0.25, 0.3) is 0 Å². The summed E-state index contributed by atoms with van der Waals surface area (Å²) in [5.74, 6) is -3.32. The second kappa shape index (κ2) is 18.3. The third-order valence-electron chi connectivity index (χ3n) is 6.49. The summed E-state index contributed by atoms with van der Waals surface area (Å²) in [6, 6.07) is -3.91. The lowest BCUT2D eigenvalue weighted by Gasteiger charge is -2.28. The Morgan fingerprint density at radius 1 is 0.811 bits per heavy atom. The maximum Gasteiger partial charge on any atom is 0.326 e. The van der Waals surface area contributed by atoms with Gasteiger partial charge in [0, 0.05) is 6.54 Å². The number of nitrogens with one attached hydrogen (secondary N) is 3. The molecule has 0 aromatic carbocycles. The van der Waals surface area contributed by atoms with Crippen LogP contribution in [0.1, 0.15) is 72.6 Å². The number of aliphatic imine (C=N–C) groups is 1. The Balaban J connectivity index is 5.65. The van der Waals surface area contributed by atoms with E-state index < -0.39 is 47.9 Å². The molecule has 6 unspecified atom stereocenters. The van der Waals surface area contributed by atoms with Gasteiger partial charge < -0.3 is 44.0 Å². The van der Waals surface area contributed by atoms with Gasteiger partial charge in [-0.3, -0.25) is 19.4 Å². The topological polar surface area (TPSA) is 241 Å². The molecule has 0 aromatic rings. The number of rotatable bonds is 19. The minimum Gasteiger partial charge on any atom is -0.480 e. The van der Waals surface area contributed by atoms with Crippen molar-refractivity contribution in [3.8, 4) is 0 Å². The lowest BCUT2D eigenvalue weighted by atomic mass is 9.96. The molecule has 13 nitrogen and oxygen atoms in total. The van der Waals surface area contributed by atoms with E-state index in [-0.39, 0.29) is 37.2 Å². The molecule has 37 heavy (non-hydrogen) atoms. The number of hydrogen-bond acceptors (Lipinski definition) is 7. The fourth-order valence-electron chi connectivity index (χ4n) is 3.52. The molecule has 3 amide bonds. The standard InChI is InChI=1S/C24H48N8O5/c1-5-14(3)18(26)21(34)30-16(11-9-13-29-24(27)28)20(33)32-19(15(4)6-2)22(35)31-17(23(36)37)10-7-8-12-25/h14-19H,5-13,25-26H2,1-4H3,(H,30,34)(H,31,35)(H,32,33)(H,36,37)(H4,27,28,29). The van der Waals surface area contributed by atoms with Crippen LogP contribution in [0.15, 0.2) is 4.99 Å². The van der Waals surface area contributed by atoms with E-state index in [1.54, 1.807) is 6.92 Å². The van der Waals surface area contributed by atoms with E-state index in [1.807, 2.05) is 20.8 Å². The summed E-state index contributed by atoms with van der Waals surface area (Å²) in [7, 11) is 0. The summed E-state index contributed by atoms with van der Waals surface area (Å²) >= 11 is 0. The second-order valence-electron chi connectivity index (χ2n) is 9.48. The van der Waals surface area contributed by atoms with Crippen molar-refractivity contribution >= 4 is 29.7 Å². The van der Waals surface area contributed by atoms with Gasteiger partial charge in [-0.2, -0.15) is 0 Å². The molecule has 0 saturated heterocycles. The quantitative estimate of drug-likeness (QED) is 0.0589. The summed E-state index contributed by atoms with van der Waals surface area (Å²) in [4.78, 5) is 54.6. The van der Waals surface area contributed by atoms with Crippen molar-refractivity contribution in [1.29, 1.82) is 0 Å². The fourth-order valence-corrected chi connectivity index (χ4v) is 3.52. The summed E-state index contributed by atoms with van der Waals surface area (Å²) in [5, 5.41) is 17.5. The van der Waals surface area contributed by atoms with E-state index >= 15 is 0 Å². The molecule has 6 atom stereocenters. The number of aliphatic carboxylic acids is 1. The van der Waals surface area contributed by atoms with Gasteiger partial charge in [0.1, 0.15) is 18.1 Å². The van der Waals surface area contributed by atoms with Crippen LogP contribution < -0.4 is 38.9 Å². The molecular weight excluding hydrogens is 480 g/mol. The normalized spacial score (nSPS) is 15.8. The molecule has 0 aliphatic rings. The summed E-state index contributed by atoms with van der Waals surface area (Å²) in [6.45, 7) is 8.05. The van der Waals surface area contributed by atoms with Crippen molar-refractivity contribution in [3.63, 3.8) is 0 Å². The highest BCUT2D eigenvalue weighted by Crippen LogP contribution is 2.12. The van der Waals surface area contributed by atoms with Crippen molar-refractivity contribution in [1.82, 2.24) is 16.0 Å². The average Bonchev–Trinajstić information content (AvgIpc) is 2.86. The van der Waals surface area contributed by atoms with Crippen LogP contribution in [0.2, 0.25) is 0 Å². The molecule has 0 fully saturated rings. The van der Waals surface area contributed by atoms with Gasteiger partial charge in [-0.15, -0.1) is 0 Å². The molecule has 0 aliphatic heterocycles. The Labute approximate surface area is 219 Å². The Morgan fingerprint density at radius 3 is 1.89 bits per heavy atom. The van der Waals surface area contributed by atoms with Gasteiger partial charge in [-0.25, -0.2) is 4.79 Å². The Bertz CT molecular complexity index is 759. The zero-order valence-electron chi connectivity index (χ0n) is 22.7. The number of carbonyl (C=O) groups is 4. The molecule has 0 aliphatic carbocycles. The predicted octanol–water partition coefficient (Wildman–Crippen LogP) is -0.872. The van der Waals surface area contributed by atoms with Gasteiger partial charge in [0.05, 0.1) is 6.04 Å². The van der Waals surface area contributed by atoms with E-state index in [0.717, 1.165) is 0 Å². The fraction of sp³-hybridized carbons (Fsp3) is 0.792. The third kappa shape index (κ3) is 13.3. The molecule has 0 aromatic heterocycles. The van der Waals surface area contributed by atoms with Crippen LogP contribution in [0, 0.1) is 11.8 Å². The zero-order valence-corrected chi connectivity index (χ0v) is 22.7. The summed E-state index contributed by atoms with van der Waals surface area (Å²) < 4.78 is 0. The van der Waals surface area contributed by atoms with Crippen LogP contribution in [0.5, 0.6) is 0 Å². The van der Waals surface area contributed by atoms with E-state index in [9.17, 15) is 24.3 Å². The number of carboxylic acid groups (broad SMARTS) is 1. The number of unbranched alkanes of at least 4 members (excludes halogenated alkanes) is 1.